The maximum Gasteiger partial charge on any atom is 0.296 e. The average molecular weight is 630 g/mol. The van der Waals surface area contributed by atoms with Gasteiger partial charge in [0.1, 0.15) is 16.5 Å². The Morgan fingerprint density at radius 2 is 1.72 bits per heavy atom. The fourth-order valence-corrected chi connectivity index (χ4v) is 6.58. The van der Waals surface area contributed by atoms with Gasteiger partial charge in [-0.25, -0.2) is 9.20 Å². The lowest BCUT2D eigenvalue weighted by molar-refractivity contribution is 0.299. The van der Waals surface area contributed by atoms with Gasteiger partial charge in [0.15, 0.2) is 17.3 Å². The van der Waals surface area contributed by atoms with E-state index in [1.54, 1.807) is 4.52 Å². The van der Waals surface area contributed by atoms with Gasteiger partial charge in [0, 0.05) is 10.8 Å². The lowest BCUT2D eigenvalue weighted by atomic mass is 9.75. The number of hydrogen-bond acceptors (Lipinski definition) is 10. The number of nitrogens with zero attached hydrogens (tertiary/aromatic N) is 8. The van der Waals surface area contributed by atoms with E-state index in [0.717, 1.165) is 60.8 Å². The molecule has 3 aromatic heterocycles. The summed E-state index contributed by atoms with van der Waals surface area (Å²) in [6, 6.07) is 4.38. The second kappa shape index (κ2) is 10.3. The smallest absolute Gasteiger partial charge is 0.292 e. The number of H-pyrrole nitrogens is 1. The molecule has 0 atom stereocenters. The van der Waals surface area contributed by atoms with Crippen molar-refractivity contribution in [2.24, 2.45) is 10.2 Å². The Morgan fingerprint density at radius 3 is 2.30 bits per heavy atom. The van der Waals surface area contributed by atoms with Crippen LogP contribution >= 0.6 is 0 Å². The molecule has 5 rings (SSSR count). The average Bonchev–Trinajstić information content (AvgIpc) is 3.58. The van der Waals surface area contributed by atoms with E-state index in [1.807, 2.05) is 26.8 Å². The summed E-state index contributed by atoms with van der Waals surface area (Å²) in [6.07, 6.45) is 5.23. The molecule has 4 aromatic rings. The van der Waals surface area contributed by atoms with Gasteiger partial charge in [-0.05, 0) is 38.0 Å². The predicted molar refractivity (Wildman–Crippen MR) is 153 cm³/mol. The third-order valence-corrected chi connectivity index (χ3v) is 9.46. The first kappa shape index (κ1) is 30.5. The largest absolute Gasteiger partial charge is 0.296 e. The Hall–Kier alpha value is -3.98. The molecular formula is C26H31N9O6S2. The van der Waals surface area contributed by atoms with E-state index in [1.165, 1.54) is 6.92 Å². The lowest BCUT2D eigenvalue weighted by Crippen LogP contribution is -2.28. The zero-order valence-corrected chi connectivity index (χ0v) is 25.8. The van der Waals surface area contributed by atoms with Gasteiger partial charge in [0.2, 0.25) is 5.65 Å². The Labute approximate surface area is 248 Å². The first-order chi connectivity index (χ1) is 20.0. The zero-order valence-electron chi connectivity index (χ0n) is 24.2. The van der Waals surface area contributed by atoms with Crippen LogP contribution in [0.15, 0.2) is 38.2 Å². The highest BCUT2D eigenvalue weighted by Crippen LogP contribution is 2.41. The van der Waals surface area contributed by atoms with E-state index in [-0.39, 0.29) is 22.5 Å². The number of rotatable bonds is 6. The summed E-state index contributed by atoms with van der Waals surface area (Å²) in [4.78, 5) is -1.40. The summed E-state index contributed by atoms with van der Waals surface area (Å²) in [5, 5.41) is 35.2. The van der Waals surface area contributed by atoms with Crippen LogP contribution in [0.5, 0.6) is 0 Å². The summed E-state index contributed by atoms with van der Waals surface area (Å²) < 4.78 is 70.4. The van der Waals surface area contributed by atoms with Crippen LogP contribution in [0.4, 0.5) is 11.5 Å². The van der Waals surface area contributed by atoms with E-state index in [0.29, 0.717) is 17.0 Å². The Balaban J connectivity index is 1.74. The van der Waals surface area contributed by atoms with Crippen LogP contribution in [0, 0.1) is 18.3 Å². The highest BCUT2D eigenvalue weighted by Gasteiger charge is 2.36. The topological polar surface area (TPSA) is 221 Å². The van der Waals surface area contributed by atoms with Crippen LogP contribution in [-0.2, 0) is 31.1 Å². The summed E-state index contributed by atoms with van der Waals surface area (Å²) in [5.74, 6) is 0.531. The molecule has 228 valence electrons. The van der Waals surface area contributed by atoms with E-state index in [2.05, 4.69) is 37.5 Å². The molecule has 1 aliphatic rings. The Bertz CT molecular complexity index is 2040. The van der Waals surface area contributed by atoms with Gasteiger partial charge in [-0.1, -0.05) is 47.0 Å². The first-order valence-corrected chi connectivity index (χ1v) is 16.3. The van der Waals surface area contributed by atoms with Crippen LogP contribution in [0.1, 0.15) is 82.6 Å². The second-order valence-electron chi connectivity index (χ2n) is 12.0. The molecule has 0 spiro atoms. The Kier molecular flexibility index (Phi) is 7.32. The standard InChI is InChI=1S/C26H31N9O6S2/c1-15-17(14-27)22(34(32-15)18-13-16(42(36,37)38)9-10-19(18)43(39,40)41)29-28-20-21(25(2,3)4)33-35-23(20)30-31-24(35)26(5)11-7-6-8-12-26/h9-10,13,33H,6-8,11-12H2,1-5H3,(H,36,37,38)(H,39,40,41). The number of hydrogen-bond donors (Lipinski definition) is 3. The molecule has 43 heavy (non-hydrogen) atoms. The summed E-state index contributed by atoms with van der Waals surface area (Å²) in [7, 11) is -9.70. The van der Waals surface area contributed by atoms with Gasteiger partial charge in [-0.3, -0.25) is 14.2 Å². The number of azo groups is 1. The van der Waals surface area contributed by atoms with Crippen LogP contribution in [0.25, 0.3) is 11.3 Å². The molecule has 0 saturated heterocycles. The van der Waals surface area contributed by atoms with Gasteiger partial charge in [-0.15, -0.1) is 20.4 Å². The fraction of sp³-hybridized carbons (Fsp3) is 0.462. The molecule has 17 heteroatoms. The highest BCUT2D eigenvalue weighted by molar-refractivity contribution is 7.86. The molecule has 1 aliphatic carbocycles. The van der Waals surface area contributed by atoms with Crippen molar-refractivity contribution in [2.75, 3.05) is 0 Å². The molecule has 1 aromatic carbocycles. The molecule has 0 aliphatic heterocycles. The van der Waals surface area contributed by atoms with Crippen molar-refractivity contribution in [3.63, 3.8) is 0 Å². The molecule has 1 fully saturated rings. The summed E-state index contributed by atoms with van der Waals surface area (Å²) in [6.45, 7) is 9.55. The van der Waals surface area contributed by atoms with Crippen LogP contribution in [0.3, 0.4) is 0 Å². The molecule has 0 bridgehead atoms. The molecule has 15 nitrogen and oxygen atoms in total. The van der Waals surface area contributed by atoms with Crippen molar-refractivity contribution in [1.82, 2.24) is 29.6 Å². The Morgan fingerprint density at radius 1 is 1.05 bits per heavy atom. The predicted octanol–water partition coefficient (Wildman–Crippen LogP) is 4.85. The van der Waals surface area contributed by atoms with Gasteiger partial charge in [0.05, 0.1) is 22.0 Å². The molecular weight excluding hydrogens is 598 g/mol. The number of benzene rings is 1. The zero-order chi connectivity index (χ0) is 31.5. The number of fused-ring (bicyclic) bond motifs is 1. The SMILES string of the molecule is Cc1nn(-c2cc(S(=O)(=O)O)ccc2S(=O)(=O)O)c(N=Nc2c(C(C)(C)C)[nH]n3c(C4(C)CCCCC4)nnc23)c1C#N. The van der Waals surface area contributed by atoms with Crippen LogP contribution in [0.2, 0.25) is 0 Å². The van der Waals surface area contributed by atoms with Crippen molar-refractivity contribution >= 4 is 37.4 Å². The number of aromatic amines is 1. The van der Waals surface area contributed by atoms with E-state index in [9.17, 15) is 31.2 Å². The van der Waals surface area contributed by atoms with Crippen molar-refractivity contribution < 1.29 is 25.9 Å². The summed E-state index contributed by atoms with van der Waals surface area (Å²) in [5.41, 5.74) is 0.334. The minimum absolute atomic E-state index is 0.0805. The van der Waals surface area contributed by atoms with Crippen molar-refractivity contribution in [3.8, 4) is 11.8 Å². The number of nitrogens with one attached hydrogen (secondary N) is 1. The van der Waals surface area contributed by atoms with Crippen molar-refractivity contribution in [3.05, 3.63) is 41.0 Å². The highest BCUT2D eigenvalue weighted by atomic mass is 32.2. The van der Waals surface area contributed by atoms with Gasteiger partial charge >= 0.3 is 0 Å². The second-order valence-corrected chi connectivity index (χ2v) is 14.8. The monoisotopic (exact) mass is 629 g/mol. The normalized spacial score (nSPS) is 16.2. The number of aromatic nitrogens is 6. The molecule has 0 amide bonds. The number of nitriles is 1. The van der Waals surface area contributed by atoms with Gasteiger partial charge in [0.25, 0.3) is 20.2 Å². The third-order valence-electron chi connectivity index (χ3n) is 7.71. The first-order valence-electron chi connectivity index (χ1n) is 13.4. The van der Waals surface area contributed by atoms with Gasteiger partial charge < -0.3 is 0 Å². The minimum Gasteiger partial charge on any atom is -0.292 e. The van der Waals surface area contributed by atoms with E-state index in [4.69, 9.17) is 0 Å². The van der Waals surface area contributed by atoms with Crippen molar-refractivity contribution in [2.45, 2.75) is 87.3 Å². The number of aryl methyl sites for hydroxylation is 1. The molecule has 3 heterocycles. The fourth-order valence-electron chi connectivity index (χ4n) is 5.43. The molecule has 0 radical (unpaired) electrons. The van der Waals surface area contributed by atoms with Crippen LogP contribution < -0.4 is 0 Å². The maximum atomic E-state index is 12.2. The molecule has 0 unspecified atom stereocenters. The quantitative estimate of drug-likeness (QED) is 0.194. The molecule has 3 N–H and O–H groups in total. The van der Waals surface area contributed by atoms with Gasteiger partial charge in [-0.2, -0.15) is 27.2 Å². The maximum absolute atomic E-state index is 12.2. The molecule has 1 saturated carbocycles. The minimum atomic E-state index is -4.92. The van der Waals surface area contributed by atoms with Crippen LogP contribution in [-0.4, -0.2) is 55.5 Å². The van der Waals surface area contributed by atoms with Crippen molar-refractivity contribution in [1.29, 1.82) is 5.26 Å². The summed E-state index contributed by atoms with van der Waals surface area (Å²) >= 11 is 0. The van der Waals surface area contributed by atoms with E-state index < -0.39 is 41.1 Å². The third kappa shape index (κ3) is 5.46. The lowest BCUT2D eigenvalue weighted by Gasteiger charge is -2.31. The van der Waals surface area contributed by atoms with E-state index >= 15 is 0 Å².